The number of carboxylic acid groups (broad SMARTS) is 1. The Morgan fingerprint density at radius 1 is 1.18 bits per heavy atom. The second kappa shape index (κ2) is 9.46. The monoisotopic (exact) mass is 305 g/mol. The summed E-state index contributed by atoms with van der Waals surface area (Å²) in [6.07, 6.45) is 7.78. The molecule has 0 aliphatic heterocycles. The summed E-state index contributed by atoms with van der Waals surface area (Å²) in [5, 5.41) is 11.7. The van der Waals surface area contributed by atoms with Gasteiger partial charge in [0, 0.05) is 6.54 Å². The molecule has 0 bridgehead atoms. The minimum atomic E-state index is -0.758. The summed E-state index contributed by atoms with van der Waals surface area (Å²) in [5.74, 6) is 1.06. The largest absolute Gasteiger partial charge is 0.494 e. The fraction of sp³-hybridized carbons (Fsp3) is 0.611. The van der Waals surface area contributed by atoms with E-state index >= 15 is 0 Å². The van der Waals surface area contributed by atoms with Crippen LogP contribution in [0.1, 0.15) is 44.1 Å². The number of hydrogen-bond acceptors (Lipinski definition) is 3. The summed E-state index contributed by atoms with van der Waals surface area (Å²) < 4.78 is 5.81. The maximum atomic E-state index is 10.4. The number of carbonyl (C=O) groups is 1. The zero-order valence-electron chi connectivity index (χ0n) is 13.2. The number of rotatable bonds is 10. The Morgan fingerprint density at radius 2 is 1.91 bits per heavy atom. The molecule has 1 fully saturated rings. The summed E-state index contributed by atoms with van der Waals surface area (Å²) in [5.41, 5.74) is 1.24. The molecule has 22 heavy (non-hydrogen) atoms. The van der Waals surface area contributed by atoms with Gasteiger partial charge in [-0.05, 0) is 43.0 Å². The zero-order valence-corrected chi connectivity index (χ0v) is 13.2. The highest BCUT2D eigenvalue weighted by atomic mass is 16.5. The second-order valence-electron chi connectivity index (χ2n) is 6.08. The lowest BCUT2D eigenvalue weighted by Gasteiger charge is -2.11. The minimum absolute atomic E-state index is 0.174. The second-order valence-corrected chi connectivity index (χ2v) is 6.08. The Morgan fingerprint density at radius 3 is 2.59 bits per heavy atom. The molecule has 1 aromatic carbocycles. The Balaban J connectivity index is 1.59. The van der Waals surface area contributed by atoms with E-state index in [1.54, 1.807) is 0 Å². The van der Waals surface area contributed by atoms with Gasteiger partial charge in [0.2, 0.25) is 0 Å². The third-order valence-electron chi connectivity index (χ3n) is 4.30. The first-order valence-electron chi connectivity index (χ1n) is 8.38. The lowest BCUT2D eigenvalue weighted by molar-refractivity contribution is -0.136. The van der Waals surface area contributed by atoms with Gasteiger partial charge in [0.15, 0.2) is 0 Å². The van der Waals surface area contributed by atoms with Crippen molar-refractivity contribution in [2.75, 3.05) is 19.7 Å². The SMILES string of the molecule is O=C(O)CCNCCc1ccc(OCCC2CCCC2)cc1. The van der Waals surface area contributed by atoms with Crippen LogP contribution in [-0.4, -0.2) is 30.8 Å². The van der Waals surface area contributed by atoms with Gasteiger partial charge in [-0.25, -0.2) is 0 Å². The molecule has 122 valence electrons. The number of aliphatic carboxylic acids is 1. The van der Waals surface area contributed by atoms with Crippen LogP contribution in [0.25, 0.3) is 0 Å². The van der Waals surface area contributed by atoms with E-state index < -0.39 is 5.97 Å². The van der Waals surface area contributed by atoms with Gasteiger partial charge < -0.3 is 15.2 Å². The summed E-state index contributed by atoms with van der Waals surface area (Å²) in [6.45, 7) is 2.15. The van der Waals surface area contributed by atoms with Crippen LogP contribution < -0.4 is 10.1 Å². The first-order chi connectivity index (χ1) is 10.7. The van der Waals surface area contributed by atoms with Crippen molar-refractivity contribution in [2.45, 2.75) is 44.9 Å². The Bertz CT molecular complexity index is 438. The summed E-state index contributed by atoms with van der Waals surface area (Å²) in [6, 6.07) is 8.23. The van der Waals surface area contributed by atoms with E-state index in [0.717, 1.165) is 31.2 Å². The van der Waals surface area contributed by atoms with E-state index in [9.17, 15) is 4.79 Å². The van der Waals surface area contributed by atoms with Crippen LogP contribution >= 0.6 is 0 Å². The Hall–Kier alpha value is -1.55. The van der Waals surface area contributed by atoms with Crippen molar-refractivity contribution in [1.82, 2.24) is 5.32 Å². The first-order valence-corrected chi connectivity index (χ1v) is 8.38. The lowest BCUT2D eigenvalue weighted by atomic mass is 10.1. The minimum Gasteiger partial charge on any atom is -0.494 e. The quantitative estimate of drug-likeness (QED) is 0.651. The molecule has 0 atom stereocenters. The van der Waals surface area contributed by atoms with Crippen LogP contribution in [0, 0.1) is 5.92 Å². The smallest absolute Gasteiger partial charge is 0.304 e. The van der Waals surface area contributed by atoms with Gasteiger partial charge in [-0.1, -0.05) is 37.8 Å². The number of nitrogens with one attached hydrogen (secondary N) is 1. The van der Waals surface area contributed by atoms with E-state index in [1.807, 2.05) is 12.1 Å². The van der Waals surface area contributed by atoms with Crippen molar-refractivity contribution in [1.29, 1.82) is 0 Å². The van der Waals surface area contributed by atoms with Crippen molar-refractivity contribution in [3.8, 4) is 5.75 Å². The van der Waals surface area contributed by atoms with Gasteiger partial charge in [0.05, 0.1) is 13.0 Å². The van der Waals surface area contributed by atoms with Gasteiger partial charge in [-0.3, -0.25) is 4.79 Å². The van der Waals surface area contributed by atoms with Crippen LogP contribution in [0.4, 0.5) is 0 Å². The maximum Gasteiger partial charge on any atom is 0.304 e. The summed E-state index contributed by atoms with van der Waals surface area (Å²) in [4.78, 5) is 10.4. The van der Waals surface area contributed by atoms with Crippen LogP contribution in [0.2, 0.25) is 0 Å². The molecule has 1 aromatic rings. The molecule has 0 aromatic heterocycles. The van der Waals surface area contributed by atoms with Crippen molar-refractivity contribution < 1.29 is 14.6 Å². The maximum absolute atomic E-state index is 10.4. The van der Waals surface area contributed by atoms with Crippen molar-refractivity contribution in [3.05, 3.63) is 29.8 Å². The molecule has 4 nitrogen and oxygen atoms in total. The van der Waals surface area contributed by atoms with Gasteiger partial charge in [0.1, 0.15) is 5.75 Å². The molecule has 4 heteroatoms. The highest BCUT2D eigenvalue weighted by Crippen LogP contribution is 2.27. The molecule has 1 saturated carbocycles. The average molecular weight is 305 g/mol. The molecule has 0 saturated heterocycles. The predicted octanol–water partition coefficient (Wildman–Crippen LogP) is 3.25. The third-order valence-corrected chi connectivity index (χ3v) is 4.30. The Labute approximate surface area is 132 Å². The molecule has 0 amide bonds. The summed E-state index contributed by atoms with van der Waals surface area (Å²) >= 11 is 0. The van der Waals surface area contributed by atoms with Gasteiger partial charge in [-0.15, -0.1) is 0 Å². The zero-order chi connectivity index (χ0) is 15.6. The van der Waals surface area contributed by atoms with Crippen molar-refractivity contribution >= 4 is 5.97 Å². The van der Waals surface area contributed by atoms with E-state index in [1.165, 1.54) is 37.7 Å². The molecular weight excluding hydrogens is 278 g/mol. The first kappa shape index (κ1) is 16.8. The van der Waals surface area contributed by atoms with Gasteiger partial charge >= 0.3 is 5.97 Å². The summed E-state index contributed by atoms with van der Waals surface area (Å²) in [7, 11) is 0. The molecule has 1 aliphatic rings. The fourth-order valence-corrected chi connectivity index (χ4v) is 2.95. The molecule has 2 rings (SSSR count). The van der Waals surface area contributed by atoms with Crippen molar-refractivity contribution in [3.63, 3.8) is 0 Å². The molecular formula is C18H27NO3. The fourth-order valence-electron chi connectivity index (χ4n) is 2.95. The van der Waals surface area contributed by atoms with E-state index in [-0.39, 0.29) is 6.42 Å². The number of ether oxygens (including phenoxy) is 1. The molecule has 0 heterocycles. The standard InChI is InChI=1S/C18H27NO3/c20-18(21)10-13-19-12-9-16-5-7-17(8-6-16)22-14-11-15-3-1-2-4-15/h5-8,15,19H,1-4,9-14H2,(H,20,21). The highest BCUT2D eigenvalue weighted by molar-refractivity contribution is 5.66. The number of benzene rings is 1. The topological polar surface area (TPSA) is 58.6 Å². The van der Waals surface area contributed by atoms with Crippen molar-refractivity contribution in [2.24, 2.45) is 5.92 Å². The third kappa shape index (κ3) is 6.48. The van der Waals surface area contributed by atoms with Crippen LogP contribution in [-0.2, 0) is 11.2 Å². The highest BCUT2D eigenvalue weighted by Gasteiger charge is 2.14. The van der Waals surface area contributed by atoms with Crippen LogP contribution in [0.15, 0.2) is 24.3 Å². The van der Waals surface area contributed by atoms with Gasteiger partial charge in [0.25, 0.3) is 0 Å². The van der Waals surface area contributed by atoms with Crippen LogP contribution in [0.3, 0.4) is 0 Å². The number of carboxylic acids is 1. The average Bonchev–Trinajstić information content (AvgIpc) is 3.01. The Kier molecular flexibility index (Phi) is 7.23. The van der Waals surface area contributed by atoms with E-state index in [2.05, 4.69) is 17.4 Å². The molecule has 0 spiro atoms. The predicted molar refractivity (Wildman–Crippen MR) is 87.3 cm³/mol. The molecule has 1 aliphatic carbocycles. The molecule has 0 unspecified atom stereocenters. The van der Waals surface area contributed by atoms with Crippen LogP contribution in [0.5, 0.6) is 5.75 Å². The normalized spacial score (nSPS) is 15.1. The van der Waals surface area contributed by atoms with Gasteiger partial charge in [-0.2, -0.15) is 0 Å². The lowest BCUT2D eigenvalue weighted by Crippen LogP contribution is -2.20. The van der Waals surface area contributed by atoms with E-state index in [0.29, 0.717) is 6.54 Å². The van der Waals surface area contributed by atoms with E-state index in [4.69, 9.17) is 9.84 Å². The molecule has 2 N–H and O–H groups in total. The number of hydrogen-bond donors (Lipinski definition) is 2. The molecule has 0 radical (unpaired) electrons.